The smallest absolute Gasteiger partial charge is 0.135 e. The number of benzene rings is 1. The highest BCUT2D eigenvalue weighted by Crippen LogP contribution is 2.33. The molecule has 0 radical (unpaired) electrons. The summed E-state index contributed by atoms with van der Waals surface area (Å²) in [5.41, 5.74) is 4.08. The van der Waals surface area contributed by atoms with Crippen LogP contribution in [0.1, 0.15) is 24.5 Å². The Kier molecular flexibility index (Phi) is 3.59. The van der Waals surface area contributed by atoms with Gasteiger partial charge in [0.15, 0.2) is 0 Å². The zero-order valence-corrected chi connectivity index (χ0v) is 12.2. The van der Waals surface area contributed by atoms with Crippen LogP contribution in [0.25, 0.3) is 0 Å². The molecule has 0 amide bonds. The maximum absolute atomic E-state index is 4.72. The Hall–Kier alpha value is -2.03. The second-order valence-electron chi connectivity index (χ2n) is 5.30. The third kappa shape index (κ3) is 2.48. The number of hydrogen-bond donors (Lipinski definition) is 1. The third-order valence-electron chi connectivity index (χ3n) is 3.72. The minimum atomic E-state index is 0.895. The second kappa shape index (κ2) is 5.53. The van der Waals surface area contributed by atoms with Gasteiger partial charge in [0, 0.05) is 18.8 Å². The highest BCUT2D eigenvalue weighted by molar-refractivity contribution is 5.66. The lowest BCUT2D eigenvalue weighted by molar-refractivity contribution is 0.759. The molecule has 0 spiro atoms. The standard InChI is InChI=1S/C17H21N3/c1-3-18-16-7-4-8-17(19-16)20-11-5-6-14-12-13(2)9-10-15(14)20/h4,7-10,12H,3,5-6,11H2,1-2H3,(H,18,19). The fraction of sp³-hybridized carbons (Fsp3) is 0.353. The Bertz CT molecular complexity index is 607. The number of aromatic nitrogens is 1. The monoisotopic (exact) mass is 267 g/mol. The van der Waals surface area contributed by atoms with Crippen molar-refractivity contribution in [3.63, 3.8) is 0 Å². The molecule has 0 aliphatic carbocycles. The molecule has 3 heteroatoms. The van der Waals surface area contributed by atoms with E-state index >= 15 is 0 Å². The molecule has 0 fully saturated rings. The largest absolute Gasteiger partial charge is 0.370 e. The number of rotatable bonds is 3. The first-order valence-corrected chi connectivity index (χ1v) is 7.36. The minimum Gasteiger partial charge on any atom is -0.370 e. The van der Waals surface area contributed by atoms with Crippen LogP contribution in [-0.4, -0.2) is 18.1 Å². The maximum atomic E-state index is 4.72. The van der Waals surface area contributed by atoms with Gasteiger partial charge in [-0.25, -0.2) is 4.98 Å². The molecule has 104 valence electrons. The molecular weight excluding hydrogens is 246 g/mol. The predicted octanol–water partition coefficient (Wildman–Crippen LogP) is 3.91. The second-order valence-corrected chi connectivity index (χ2v) is 5.30. The summed E-state index contributed by atoms with van der Waals surface area (Å²) in [5, 5.41) is 3.28. The van der Waals surface area contributed by atoms with Crippen LogP contribution in [0.15, 0.2) is 36.4 Å². The van der Waals surface area contributed by atoms with E-state index < -0.39 is 0 Å². The van der Waals surface area contributed by atoms with Crippen LogP contribution in [0, 0.1) is 6.92 Å². The summed E-state index contributed by atoms with van der Waals surface area (Å²) in [4.78, 5) is 7.05. The molecule has 1 aliphatic rings. The van der Waals surface area contributed by atoms with Gasteiger partial charge in [0.2, 0.25) is 0 Å². The first-order chi connectivity index (χ1) is 9.78. The van der Waals surface area contributed by atoms with Crippen molar-refractivity contribution in [3.05, 3.63) is 47.5 Å². The van der Waals surface area contributed by atoms with Crippen molar-refractivity contribution in [2.75, 3.05) is 23.3 Å². The van der Waals surface area contributed by atoms with Crippen LogP contribution in [0.2, 0.25) is 0 Å². The van der Waals surface area contributed by atoms with Crippen molar-refractivity contribution < 1.29 is 0 Å². The summed E-state index contributed by atoms with van der Waals surface area (Å²) in [5.74, 6) is 1.98. The molecule has 2 aromatic rings. The number of pyridine rings is 1. The van der Waals surface area contributed by atoms with E-state index in [1.54, 1.807) is 0 Å². The van der Waals surface area contributed by atoms with Gasteiger partial charge in [-0.2, -0.15) is 0 Å². The Labute approximate surface area is 120 Å². The third-order valence-corrected chi connectivity index (χ3v) is 3.72. The molecule has 0 unspecified atom stereocenters. The molecule has 0 bridgehead atoms. The number of anilines is 3. The van der Waals surface area contributed by atoms with Crippen LogP contribution >= 0.6 is 0 Å². The Morgan fingerprint density at radius 2 is 2.15 bits per heavy atom. The summed E-state index contributed by atoms with van der Waals surface area (Å²) in [6, 6.07) is 12.9. The van der Waals surface area contributed by atoms with Gasteiger partial charge in [-0.15, -0.1) is 0 Å². The van der Waals surface area contributed by atoms with Gasteiger partial charge in [-0.1, -0.05) is 23.8 Å². The van der Waals surface area contributed by atoms with E-state index in [9.17, 15) is 0 Å². The van der Waals surface area contributed by atoms with Gasteiger partial charge in [-0.05, 0) is 50.5 Å². The van der Waals surface area contributed by atoms with Gasteiger partial charge in [0.05, 0.1) is 0 Å². The molecule has 1 N–H and O–H groups in total. The summed E-state index contributed by atoms with van der Waals surface area (Å²) < 4.78 is 0. The average molecular weight is 267 g/mol. The average Bonchev–Trinajstić information content (AvgIpc) is 2.47. The van der Waals surface area contributed by atoms with Crippen molar-refractivity contribution in [1.82, 2.24) is 4.98 Å². The van der Waals surface area contributed by atoms with Crippen molar-refractivity contribution >= 4 is 17.3 Å². The van der Waals surface area contributed by atoms with Crippen LogP contribution in [0.4, 0.5) is 17.3 Å². The molecule has 1 aliphatic heterocycles. The van der Waals surface area contributed by atoms with Crippen molar-refractivity contribution in [2.24, 2.45) is 0 Å². The number of fused-ring (bicyclic) bond motifs is 1. The highest BCUT2D eigenvalue weighted by Gasteiger charge is 2.19. The van der Waals surface area contributed by atoms with E-state index in [4.69, 9.17) is 4.98 Å². The highest BCUT2D eigenvalue weighted by atomic mass is 15.2. The van der Waals surface area contributed by atoms with E-state index in [1.165, 1.54) is 29.7 Å². The Balaban J connectivity index is 1.98. The first-order valence-electron chi connectivity index (χ1n) is 7.36. The molecule has 2 heterocycles. The van der Waals surface area contributed by atoms with Crippen LogP contribution in [0.3, 0.4) is 0 Å². The quantitative estimate of drug-likeness (QED) is 0.914. The fourth-order valence-corrected chi connectivity index (χ4v) is 2.82. The Morgan fingerprint density at radius 1 is 1.25 bits per heavy atom. The number of nitrogens with zero attached hydrogens (tertiary/aromatic N) is 2. The van der Waals surface area contributed by atoms with Crippen LogP contribution < -0.4 is 10.2 Å². The lowest BCUT2D eigenvalue weighted by atomic mass is 9.99. The molecule has 1 aromatic heterocycles. The summed E-state index contributed by atoms with van der Waals surface area (Å²) in [6.45, 7) is 6.18. The molecule has 0 saturated heterocycles. The van der Waals surface area contributed by atoms with E-state index in [1.807, 2.05) is 6.07 Å². The topological polar surface area (TPSA) is 28.2 Å². The Morgan fingerprint density at radius 3 is 3.00 bits per heavy atom. The number of hydrogen-bond acceptors (Lipinski definition) is 3. The molecule has 0 atom stereocenters. The van der Waals surface area contributed by atoms with E-state index in [-0.39, 0.29) is 0 Å². The number of nitrogens with one attached hydrogen (secondary N) is 1. The maximum Gasteiger partial charge on any atom is 0.135 e. The molecule has 3 rings (SSSR count). The molecular formula is C17H21N3. The molecule has 0 saturated carbocycles. The summed E-state index contributed by atoms with van der Waals surface area (Å²) in [6.07, 6.45) is 2.35. The zero-order chi connectivity index (χ0) is 13.9. The lowest BCUT2D eigenvalue weighted by Gasteiger charge is -2.31. The van der Waals surface area contributed by atoms with Crippen molar-refractivity contribution in [3.8, 4) is 0 Å². The van der Waals surface area contributed by atoms with Gasteiger partial charge in [0.25, 0.3) is 0 Å². The fourth-order valence-electron chi connectivity index (χ4n) is 2.82. The lowest BCUT2D eigenvalue weighted by Crippen LogP contribution is -2.25. The summed E-state index contributed by atoms with van der Waals surface area (Å²) in [7, 11) is 0. The SMILES string of the molecule is CCNc1cccc(N2CCCc3cc(C)ccc32)n1. The predicted molar refractivity (Wildman–Crippen MR) is 84.9 cm³/mol. The zero-order valence-electron chi connectivity index (χ0n) is 12.2. The van der Waals surface area contributed by atoms with Gasteiger partial charge >= 0.3 is 0 Å². The van der Waals surface area contributed by atoms with E-state index in [0.717, 1.165) is 24.7 Å². The first kappa shape index (κ1) is 13.0. The van der Waals surface area contributed by atoms with Gasteiger partial charge in [0.1, 0.15) is 11.6 Å². The van der Waals surface area contributed by atoms with E-state index in [0.29, 0.717) is 0 Å². The summed E-state index contributed by atoms with van der Waals surface area (Å²) >= 11 is 0. The molecule has 20 heavy (non-hydrogen) atoms. The molecule has 3 nitrogen and oxygen atoms in total. The van der Waals surface area contributed by atoms with Gasteiger partial charge in [-0.3, -0.25) is 0 Å². The minimum absolute atomic E-state index is 0.895. The number of aryl methyl sites for hydroxylation is 2. The van der Waals surface area contributed by atoms with E-state index in [2.05, 4.69) is 54.4 Å². The van der Waals surface area contributed by atoms with Crippen molar-refractivity contribution in [2.45, 2.75) is 26.7 Å². The van der Waals surface area contributed by atoms with Crippen LogP contribution in [-0.2, 0) is 6.42 Å². The van der Waals surface area contributed by atoms with Gasteiger partial charge < -0.3 is 10.2 Å². The normalized spacial score (nSPS) is 14.0. The molecule has 1 aromatic carbocycles. The van der Waals surface area contributed by atoms with Crippen molar-refractivity contribution in [1.29, 1.82) is 0 Å². The van der Waals surface area contributed by atoms with Crippen LogP contribution in [0.5, 0.6) is 0 Å².